The van der Waals surface area contributed by atoms with E-state index in [9.17, 15) is 9.59 Å². The standard InChI is InChI=1S/C20H22FN3O4/c1-22-5-4-11-8-23(9-17(11)22)16-7-15-13(6-14(16)21)19(25)18(28-20(26)27)10-24(15)12-2-3-12/h6-7,10-12,17H,2-5,8-9H2,1H3,(H,26,27). The van der Waals surface area contributed by atoms with Crippen LogP contribution in [-0.2, 0) is 0 Å². The molecule has 3 fully saturated rings. The molecule has 1 N–H and O–H groups in total. The van der Waals surface area contributed by atoms with E-state index in [0.717, 1.165) is 38.9 Å². The van der Waals surface area contributed by atoms with Crippen molar-refractivity contribution in [2.75, 3.05) is 31.6 Å². The topological polar surface area (TPSA) is 75.0 Å². The Morgan fingerprint density at radius 1 is 1.25 bits per heavy atom. The van der Waals surface area contributed by atoms with Gasteiger partial charge in [0.2, 0.25) is 5.43 Å². The van der Waals surface area contributed by atoms with Gasteiger partial charge in [-0.05, 0) is 50.9 Å². The molecule has 2 aliphatic heterocycles. The summed E-state index contributed by atoms with van der Waals surface area (Å²) in [6, 6.07) is 3.60. The van der Waals surface area contributed by atoms with Crippen LogP contribution in [0.1, 0.15) is 25.3 Å². The second-order valence-corrected chi connectivity index (χ2v) is 8.15. The van der Waals surface area contributed by atoms with Crippen molar-refractivity contribution in [3.05, 3.63) is 34.4 Å². The predicted octanol–water partition coefficient (Wildman–Crippen LogP) is 2.67. The van der Waals surface area contributed by atoms with Crippen molar-refractivity contribution in [2.45, 2.75) is 31.3 Å². The molecule has 5 rings (SSSR count). The Labute approximate surface area is 160 Å². The van der Waals surface area contributed by atoms with Crippen LogP contribution in [-0.4, -0.2) is 53.5 Å². The Hall–Kier alpha value is -2.61. The smallest absolute Gasteiger partial charge is 0.449 e. The number of likely N-dealkylation sites (N-methyl/N-ethyl adjacent to an activating group) is 1. The summed E-state index contributed by atoms with van der Waals surface area (Å²) in [6.45, 7) is 2.67. The number of benzene rings is 1. The summed E-state index contributed by atoms with van der Waals surface area (Å²) in [5, 5.41) is 9.05. The second-order valence-electron chi connectivity index (χ2n) is 8.15. The van der Waals surface area contributed by atoms with E-state index >= 15 is 4.39 Å². The molecule has 1 aliphatic carbocycles. The lowest BCUT2D eigenvalue weighted by molar-refractivity contribution is 0.143. The Balaban J connectivity index is 1.61. The highest BCUT2D eigenvalue weighted by molar-refractivity contribution is 5.85. The number of pyridine rings is 1. The van der Waals surface area contributed by atoms with Gasteiger partial charge in [0.15, 0.2) is 5.75 Å². The van der Waals surface area contributed by atoms with Crippen LogP contribution in [0.3, 0.4) is 0 Å². The van der Waals surface area contributed by atoms with Gasteiger partial charge in [-0.2, -0.15) is 0 Å². The number of rotatable bonds is 3. The van der Waals surface area contributed by atoms with Gasteiger partial charge in [0.25, 0.3) is 0 Å². The molecule has 0 radical (unpaired) electrons. The number of likely N-dealkylation sites (tertiary alicyclic amines) is 1. The second kappa shape index (κ2) is 6.20. The summed E-state index contributed by atoms with van der Waals surface area (Å²) >= 11 is 0. The van der Waals surface area contributed by atoms with E-state index in [0.29, 0.717) is 23.2 Å². The first-order valence-corrected chi connectivity index (χ1v) is 9.66. The monoisotopic (exact) mass is 387 g/mol. The number of fused-ring (bicyclic) bond motifs is 2. The minimum Gasteiger partial charge on any atom is -0.449 e. The Morgan fingerprint density at radius 3 is 2.71 bits per heavy atom. The third kappa shape index (κ3) is 2.74. The van der Waals surface area contributed by atoms with Gasteiger partial charge < -0.3 is 24.2 Å². The van der Waals surface area contributed by atoms with Crippen molar-refractivity contribution < 1.29 is 19.0 Å². The largest absolute Gasteiger partial charge is 0.511 e. The summed E-state index contributed by atoms with van der Waals surface area (Å²) in [6.07, 6.45) is 2.90. The molecule has 28 heavy (non-hydrogen) atoms. The number of hydrogen-bond acceptors (Lipinski definition) is 5. The van der Waals surface area contributed by atoms with E-state index in [1.54, 1.807) is 6.07 Å². The zero-order chi connectivity index (χ0) is 19.6. The van der Waals surface area contributed by atoms with Crippen molar-refractivity contribution in [3.8, 4) is 5.75 Å². The molecule has 148 valence electrons. The number of ether oxygens (including phenoxy) is 1. The van der Waals surface area contributed by atoms with E-state index in [1.807, 2.05) is 4.57 Å². The molecule has 3 heterocycles. The fourth-order valence-corrected chi connectivity index (χ4v) is 4.77. The Kier molecular flexibility index (Phi) is 3.87. The van der Waals surface area contributed by atoms with Crippen LogP contribution in [0.4, 0.5) is 14.9 Å². The van der Waals surface area contributed by atoms with Crippen molar-refractivity contribution in [2.24, 2.45) is 5.92 Å². The van der Waals surface area contributed by atoms with Gasteiger partial charge in [0.1, 0.15) is 5.82 Å². The van der Waals surface area contributed by atoms with Crippen LogP contribution < -0.4 is 15.1 Å². The first-order chi connectivity index (χ1) is 13.4. The van der Waals surface area contributed by atoms with Gasteiger partial charge in [-0.15, -0.1) is 0 Å². The molecule has 8 heteroatoms. The summed E-state index contributed by atoms with van der Waals surface area (Å²) in [5.74, 6) is -0.199. The van der Waals surface area contributed by atoms with Gasteiger partial charge in [-0.1, -0.05) is 0 Å². The van der Waals surface area contributed by atoms with Crippen LogP contribution in [0.25, 0.3) is 10.9 Å². The molecule has 1 aromatic heterocycles. The summed E-state index contributed by atoms with van der Waals surface area (Å²) in [4.78, 5) is 28.0. The lowest BCUT2D eigenvalue weighted by atomic mass is 10.1. The minimum absolute atomic E-state index is 0.156. The zero-order valence-electron chi connectivity index (χ0n) is 15.6. The van der Waals surface area contributed by atoms with Gasteiger partial charge in [0, 0.05) is 25.2 Å². The highest BCUT2D eigenvalue weighted by Gasteiger charge is 2.40. The van der Waals surface area contributed by atoms with Crippen molar-refractivity contribution in [1.29, 1.82) is 0 Å². The maximum absolute atomic E-state index is 15.0. The summed E-state index contributed by atoms with van der Waals surface area (Å²) in [5.41, 5.74) is 0.542. The molecule has 0 spiro atoms. The molecule has 7 nitrogen and oxygen atoms in total. The molecule has 3 aliphatic rings. The molecule has 1 aromatic carbocycles. The number of hydrogen-bond donors (Lipinski definition) is 1. The normalized spacial score (nSPS) is 24.7. The van der Waals surface area contributed by atoms with Crippen LogP contribution in [0.2, 0.25) is 0 Å². The SMILES string of the molecule is CN1CCC2CN(c3cc4c(cc3F)c(=O)c(OC(=O)O)cn4C3CC3)CC21. The van der Waals surface area contributed by atoms with Crippen LogP contribution in [0.15, 0.2) is 23.1 Å². The third-order valence-corrected chi connectivity index (χ3v) is 6.37. The Morgan fingerprint density at radius 2 is 2.04 bits per heavy atom. The number of nitrogens with zero attached hydrogens (tertiary/aromatic N) is 3. The molecule has 2 saturated heterocycles. The lowest BCUT2D eigenvalue weighted by Crippen LogP contribution is -2.32. The van der Waals surface area contributed by atoms with E-state index in [-0.39, 0.29) is 17.2 Å². The molecule has 0 bridgehead atoms. The van der Waals surface area contributed by atoms with Crippen LogP contribution in [0.5, 0.6) is 5.75 Å². The van der Waals surface area contributed by atoms with Crippen molar-refractivity contribution in [1.82, 2.24) is 9.47 Å². The number of carboxylic acid groups (broad SMARTS) is 1. The van der Waals surface area contributed by atoms with Crippen LogP contribution in [0, 0.1) is 11.7 Å². The van der Waals surface area contributed by atoms with Gasteiger partial charge in [-0.3, -0.25) is 4.79 Å². The minimum atomic E-state index is -1.55. The molecular weight excluding hydrogens is 365 g/mol. The van der Waals surface area contributed by atoms with Crippen molar-refractivity contribution in [3.63, 3.8) is 0 Å². The third-order valence-electron chi connectivity index (χ3n) is 6.37. The Bertz CT molecular complexity index is 1030. The first-order valence-electron chi connectivity index (χ1n) is 9.66. The molecule has 2 atom stereocenters. The molecule has 0 amide bonds. The van der Waals surface area contributed by atoms with Crippen molar-refractivity contribution >= 4 is 22.7 Å². The van der Waals surface area contributed by atoms with E-state index in [4.69, 9.17) is 5.11 Å². The maximum atomic E-state index is 15.0. The van der Waals surface area contributed by atoms with E-state index in [2.05, 4.69) is 21.6 Å². The molecular formula is C20H22FN3O4. The highest BCUT2D eigenvalue weighted by Crippen LogP contribution is 2.40. The molecule has 2 aromatic rings. The summed E-state index contributed by atoms with van der Waals surface area (Å²) in [7, 11) is 2.11. The zero-order valence-corrected chi connectivity index (χ0v) is 15.6. The fourth-order valence-electron chi connectivity index (χ4n) is 4.77. The average molecular weight is 387 g/mol. The first kappa shape index (κ1) is 17.5. The predicted molar refractivity (Wildman–Crippen MR) is 102 cm³/mol. The maximum Gasteiger partial charge on any atom is 0.511 e. The van der Waals surface area contributed by atoms with E-state index < -0.39 is 17.4 Å². The van der Waals surface area contributed by atoms with E-state index in [1.165, 1.54) is 12.3 Å². The quantitative estimate of drug-likeness (QED) is 0.817. The number of carbonyl (C=O) groups is 1. The van der Waals surface area contributed by atoms with Gasteiger partial charge >= 0.3 is 6.16 Å². The average Bonchev–Trinajstić information content (AvgIpc) is 3.31. The number of aromatic nitrogens is 1. The number of halogens is 1. The summed E-state index contributed by atoms with van der Waals surface area (Å²) < 4.78 is 21.5. The van der Waals surface area contributed by atoms with Gasteiger partial charge in [0.05, 0.1) is 22.8 Å². The van der Waals surface area contributed by atoms with Gasteiger partial charge in [-0.25, -0.2) is 9.18 Å². The molecule has 2 unspecified atom stereocenters. The number of anilines is 1. The molecule has 1 saturated carbocycles. The highest BCUT2D eigenvalue weighted by atomic mass is 19.1. The van der Waals surface area contributed by atoms with Crippen LogP contribution >= 0.6 is 0 Å². The lowest BCUT2D eigenvalue weighted by Gasteiger charge is -2.24. The fraction of sp³-hybridized carbons (Fsp3) is 0.500.